The Hall–Kier alpha value is -3.92. The van der Waals surface area contributed by atoms with Crippen LogP contribution in [0, 0.1) is 0 Å². The van der Waals surface area contributed by atoms with Gasteiger partial charge in [-0.1, -0.05) is 36.4 Å². The smallest absolute Gasteiger partial charge is 0.406 e. The van der Waals surface area contributed by atoms with E-state index in [1.54, 1.807) is 42.5 Å². The molecule has 0 radical (unpaired) electrons. The summed E-state index contributed by atoms with van der Waals surface area (Å²) in [4.78, 5) is 32.1. The second kappa shape index (κ2) is 10.1. The van der Waals surface area contributed by atoms with Gasteiger partial charge in [0, 0.05) is 30.8 Å². The SMILES string of the molecule is O=C(NCc1ccc(OC(F)(F)F)cc1)C1c2ccccc2C(=O)N1CCc1cccc(CO)n1. The molecule has 2 aromatic carbocycles. The van der Waals surface area contributed by atoms with Crippen LogP contribution in [0.25, 0.3) is 0 Å². The number of ether oxygens (including phenoxy) is 1. The lowest BCUT2D eigenvalue weighted by atomic mass is 10.0. The number of amides is 2. The van der Waals surface area contributed by atoms with Gasteiger partial charge in [0.1, 0.15) is 11.8 Å². The Kier molecular flexibility index (Phi) is 7.02. The van der Waals surface area contributed by atoms with Gasteiger partial charge in [-0.15, -0.1) is 13.2 Å². The van der Waals surface area contributed by atoms with E-state index in [1.165, 1.54) is 29.2 Å². The highest BCUT2D eigenvalue weighted by atomic mass is 19.4. The van der Waals surface area contributed by atoms with Crippen molar-refractivity contribution in [1.29, 1.82) is 0 Å². The standard InChI is InChI=1S/C25H22F3N3O4/c26-25(27,28)35-19-10-8-16(9-11-19)14-29-23(33)22-20-6-1-2-7-21(20)24(34)31(22)13-12-17-4-3-5-18(15-32)30-17/h1-11,22,32H,12-15H2,(H,29,33). The van der Waals surface area contributed by atoms with Crippen molar-refractivity contribution in [3.8, 4) is 5.75 Å². The number of pyridine rings is 1. The van der Waals surface area contributed by atoms with Crippen molar-refractivity contribution in [2.45, 2.75) is 32.0 Å². The van der Waals surface area contributed by atoms with Gasteiger partial charge in [0.15, 0.2) is 0 Å². The molecule has 2 heterocycles. The number of fused-ring (bicyclic) bond motifs is 1. The number of aliphatic hydroxyl groups excluding tert-OH is 1. The topological polar surface area (TPSA) is 91.8 Å². The molecule has 0 spiro atoms. The molecule has 4 rings (SSSR count). The third-order valence-electron chi connectivity index (χ3n) is 5.57. The average molecular weight is 485 g/mol. The van der Waals surface area contributed by atoms with E-state index in [9.17, 15) is 27.9 Å². The third-order valence-corrected chi connectivity index (χ3v) is 5.57. The number of nitrogens with one attached hydrogen (secondary N) is 1. The van der Waals surface area contributed by atoms with Crippen LogP contribution < -0.4 is 10.1 Å². The molecule has 10 heteroatoms. The van der Waals surface area contributed by atoms with E-state index >= 15 is 0 Å². The van der Waals surface area contributed by atoms with Crippen LogP contribution in [-0.4, -0.2) is 39.7 Å². The molecule has 0 saturated carbocycles. The molecule has 0 bridgehead atoms. The summed E-state index contributed by atoms with van der Waals surface area (Å²) in [6, 6.07) is 16.5. The summed E-state index contributed by atoms with van der Waals surface area (Å²) in [5.41, 5.74) is 2.79. The number of benzene rings is 2. The van der Waals surface area contributed by atoms with E-state index in [-0.39, 0.29) is 31.4 Å². The number of aromatic nitrogens is 1. The first-order valence-electron chi connectivity index (χ1n) is 10.8. The molecule has 0 fully saturated rings. The van der Waals surface area contributed by atoms with Crippen LogP contribution in [0.4, 0.5) is 13.2 Å². The number of hydrogen-bond donors (Lipinski definition) is 2. The van der Waals surface area contributed by atoms with Gasteiger partial charge in [-0.05, 0) is 41.5 Å². The first-order chi connectivity index (χ1) is 16.7. The fraction of sp³-hybridized carbons (Fsp3) is 0.240. The molecule has 2 N–H and O–H groups in total. The lowest BCUT2D eigenvalue weighted by Crippen LogP contribution is -2.40. The van der Waals surface area contributed by atoms with Crippen molar-refractivity contribution in [1.82, 2.24) is 15.2 Å². The first kappa shape index (κ1) is 24.2. The van der Waals surface area contributed by atoms with E-state index in [0.717, 1.165) is 0 Å². The normalized spacial score (nSPS) is 15.1. The summed E-state index contributed by atoms with van der Waals surface area (Å²) in [5.74, 6) is -1.03. The maximum atomic E-state index is 13.2. The Morgan fingerprint density at radius 1 is 1.03 bits per heavy atom. The summed E-state index contributed by atoms with van der Waals surface area (Å²) in [6.45, 7) is 0.0964. The van der Waals surface area contributed by atoms with E-state index in [4.69, 9.17) is 0 Å². The molecule has 35 heavy (non-hydrogen) atoms. The third kappa shape index (κ3) is 5.78. The minimum Gasteiger partial charge on any atom is -0.406 e. The highest BCUT2D eigenvalue weighted by Gasteiger charge is 2.40. The van der Waals surface area contributed by atoms with Crippen molar-refractivity contribution in [3.63, 3.8) is 0 Å². The number of carbonyl (C=O) groups is 2. The van der Waals surface area contributed by atoms with Crippen LogP contribution in [0.5, 0.6) is 5.75 Å². The molecule has 0 saturated heterocycles. The minimum atomic E-state index is -4.78. The number of rotatable bonds is 8. The van der Waals surface area contributed by atoms with Crippen LogP contribution in [0.15, 0.2) is 66.7 Å². The van der Waals surface area contributed by atoms with Gasteiger partial charge in [0.25, 0.3) is 5.91 Å². The first-order valence-corrected chi connectivity index (χ1v) is 10.8. The highest BCUT2D eigenvalue weighted by molar-refractivity contribution is 6.04. The zero-order chi connectivity index (χ0) is 25.0. The summed E-state index contributed by atoms with van der Waals surface area (Å²) < 4.78 is 40.9. The Morgan fingerprint density at radius 2 is 1.74 bits per heavy atom. The fourth-order valence-electron chi connectivity index (χ4n) is 3.97. The number of carbonyl (C=O) groups excluding carboxylic acids is 2. The van der Waals surface area contributed by atoms with Crippen molar-refractivity contribution >= 4 is 11.8 Å². The quantitative estimate of drug-likeness (QED) is 0.510. The minimum absolute atomic E-state index is 0.0614. The second-order valence-electron chi connectivity index (χ2n) is 7.93. The number of halogens is 3. The largest absolute Gasteiger partial charge is 0.573 e. The van der Waals surface area contributed by atoms with Crippen LogP contribution in [0.2, 0.25) is 0 Å². The Bertz CT molecular complexity index is 1220. The lowest BCUT2D eigenvalue weighted by Gasteiger charge is -2.24. The van der Waals surface area contributed by atoms with Gasteiger partial charge in [0.2, 0.25) is 5.91 Å². The van der Waals surface area contributed by atoms with Gasteiger partial charge >= 0.3 is 6.36 Å². The van der Waals surface area contributed by atoms with E-state index in [0.29, 0.717) is 34.5 Å². The van der Waals surface area contributed by atoms with Gasteiger partial charge in [0.05, 0.1) is 12.3 Å². The zero-order valence-electron chi connectivity index (χ0n) is 18.5. The summed E-state index contributed by atoms with van der Waals surface area (Å²) in [6.07, 6.45) is -4.39. The molecule has 1 aliphatic heterocycles. The summed E-state index contributed by atoms with van der Waals surface area (Å²) >= 11 is 0. The van der Waals surface area contributed by atoms with Crippen molar-refractivity contribution in [2.24, 2.45) is 0 Å². The molecule has 2 amide bonds. The van der Waals surface area contributed by atoms with Crippen molar-refractivity contribution < 1.29 is 32.6 Å². The summed E-state index contributed by atoms with van der Waals surface area (Å²) in [5, 5.41) is 12.1. The molecule has 182 valence electrons. The Morgan fingerprint density at radius 3 is 2.46 bits per heavy atom. The number of aliphatic hydroxyl groups is 1. The summed E-state index contributed by atoms with van der Waals surface area (Å²) in [7, 11) is 0. The monoisotopic (exact) mass is 485 g/mol. The number of hydrogen-bond acceptors (Lipinski definition) is 5. The molecule has 0 aliphatic carbocycles. The van der Waals surface area contributed by atoms with E-state index in [2.05, 4.69) is 15.0 Å². The molecular weight excluding hydrogens is 463 g/mol. The average Bonchev–Trinajstić information content (AvgIpc) is 3.13. The second-order valence-corrected chi connectivity index (χ2v) is 7.93. The van der Waals surface area contributed by atoms with Crippen LogP contribution in [-0.2, 0) is 24.4 Å². The van der Waals surface area contributed by atoms with Crippen LogP contribution in [0.3, 0.4) is 0 Å². The molecule has 1 atom stereocenters. The molecule has 1 aliphatic rings. The fourth-order valence-corrected chi connectivity index (χ4v) is 3.97. The van der Waals surface area contributed by atoms with Gasteiger partial charge in [-0.25, -0.2) is 0 Å². The number of nitrogens with zero attached hydrogens (tertiary/aromatic N) is 2. The van der Waals surface area contributed by atoms with Crippen LogP contribution in [0.1, 0.15) is 38.9 Å². The molecule has 1 aromatic heterocycles. The molecule has 1 unspecified atom stereocenters. The van der Waals surface area contributed by atoms with Gasteiger partial charge < -0.3 is 20.1 Å². The van der Waals surface area contributed by atoms with Crippen LogP contribution >= 0.6 is 0 Å². The predicted octanol–water partition coefficient (Wildman–Crippen LogP) is 3.53. The Labute approximate surface area is 199 Å². The zero-order valence-corrected chi connectivity index (χ0v) is 18.5. The molecule has 7 nitrogen and oxygen atoms in total. The van der Waals surface area contributed by atoms with E-state index in [1.807, 2.05) is 0 Å². The maximum absolute atomic E-state index is 13.2. The van der Waals surface area contributed by atoms with Gasteiger partial charge in [-0.2, -0.15) is 0 Å². The lowest BCUT2D eigenvalue weighted by molar-refractivity contribution is -0.274. The molecular formula is C25H22F3N3O4. The van der Waals surface area contributed by atoms with Crippen molar-refractivity contribution in [3.05, 3.63) is 94.8 Å². The maximum Gasteiger partial charge on any atom is 0.573 e. The molecule has 3 aromatic rings. The van der Waals surface area contributed by atoms with Gasteiger partial charge in [-0.3, -0.25) is 14.6 Å². The highest BCUT2D eigenvalue weighted by Crippen LogP contribution is 2.34. The Balaban J connectivity index is 1.46. The van der Waals surface area contributed by atoms with Crippen molar-refractivity contribution in [2.75, 3.05) is 6.54 Å². The predicted molar refractivity (Wildman–Crippen MR) is 119 cm³/mol. The van der Waals surface area contributed by atoms with E-state index < -0.39 is 18.3 Å². The number of alkyl halides is 3.